The van der Waals surface area contributed by atoms with Gasteiger partial charge < -0.3 is 47.9 Å². The first-order valence-corrected chi connectivity index (χ1v) is 15.5. The summed E-state index contributed by atoms with van der Waals surface area (Å²) in [6.45, 7) is 8.52. The summed E-state index contributed by atoms with van der Waals surface area (Å²) in [6, 6.07) is 3.09. The molecular formula is C33H39NO14. The summed E-state index contributed by atoms with van der Waals surface area (Å²) in [5, 5.41) is 11.1. The topological polar surface area (TPSA) is 183 Å². The first-order valence-electron chi connectivity index (χ1n) is 15.5. The number of esters is 4. The van der Waals surface area contributed by atoms with Gasteiger partial charge in [0, 0.05) is 51.6 Å². The van der Waals surface area contributed by atoms with Gasteiger partial charge in [-0.05, 0) is 24.5 Å². The van der Waals surface area contributed by atoms with Gasteiger partial charge in [-0.15, -0.1) is 6.58 Å². The Balaban J connectivity index is 1.48. The fraction of sp³-hybridized carbons (Fsp3) is 0.545. The van der Waals surface area contributed by atoms with Crippen molar-refractivity contribution in [3.05, 3.63) is 47.7 Å². The number of fused-ring (bicyclic) bond motifs is 4. The maximum absolute atomic E-state index is 13.8. The van der Waals surface area contributed by atoms with Crippen LogP contribution < -0.4 is 4.74 Å². The molecule has 15 nitrogen and oxygen atoms in total. The van der Waals surface area contributed by atoms with Gasteiger partial charge in [0.25, 0.3) is 5.91 Å². The number of aromatic hydroxyl groups is 1. The number of carbonyl (C=O) groups excluding carboxylic acids is 5. The van der Waals surface area contributed by atoms with E-state index in [4.69, 9.17) is 37.9 Å². The lowest BCUT2D eigenvalue weighted by Gasteiger charge is -2.49. The summed E-state index contributed by atoms with van der Waals surface area (Å²) in [5.41, 5.74) is 1.91. The molecule has 5 rings (SSSR count). The first kappa shape index (κ1) is 34.7. The van der Waals surface area contributed by atoms with Gasteiger partial charge in [0.1, 0.15) is 12.7 Å². The maximum Gasteiger partial charge on any atom is 0.303 e. The first-order chi connectivity index (χ1) is 22.8. The lowest BCUT2D eigenvalue weighted by atomic mass is 9.73. The van der Waals surface area contributed by atoms with Crippen molar-refractivity contribution in [1.29, 1.82) is 0 Å². The molecule has 4 aliphatic heterocycles. The fourth-order valence-electron chi connectivity index (χ4n) is 6.87. The minimum Gasteiger partial charge on any atom is -0.504 e. The summed E-state index contributed by atoms with van der Waals surface area (Å²) in [4.78, 5) is 63.8. The van der Waals surface area contributed by atoms with Gasteiger partial charge in [-0.3, -0.25) is 24.0 Å². The van der Waals surface area contributed by atoms with Crippen LogP contribution in [0.3, 0.4) is 0 Å². The summed E-state index contributed by atoms with van der Waals surface area (Å²) in [7, 11) is 1.46. The van der Waals surface area contributed by atoms with Crippen LogP contribution in [0.5, 0.6) is 11.5 Å². The highest BCUT2D eigenvalue weighted by atomic mass is 16.8. The van der Waals surface area contributed by atoms with Crippen LogP contribution in [0.2, 0.25) is 0 Å². The number of carbonyl (C=O) groups is 5. The number of benzene rings is 1. The number of phenolic OH excluding ortho intramolecular Hbond substituents is 1. The van der Waals surface area contributed by atoms with Crippen molar-refractivity contribution in [2.24, 2.45) is 11.8 Å². The molecule has 1 aromatic carbocycles. The molecule has 4 heterocycles. The highest BCUT2D eigenvalue weighted by Crippen LogP contribution is 2.51. The van der Waals surface area contributed by atoms with E-state index in [1.807, 2.05) is 6.07 Å². The Kier molecular flexibility index (Phi) is 10.3. The molecule has 0 spiro atoms. The molecule has 48 heavy (non-hydrogen) atoms. The van der Waals surface area contributed by atoms with Gasteiger partial charge in [-0.2, -0.15) is 0 Å². The molecule has 2 fully saturated rings. The number of hydrogen-bond acceptors (Lipinski definition) is 14. The minimum atomic E-state index is -1.51. The Bertz CT molecular complexity index is 1500. The Labute approximate surface area is 276 Å². The van der Waals surface area contributed by atoms with Crippen LogP contribution in [0.1, 0.15) is 51.3 Å². The van der Waals surface area contributed by atoms with E-state index in [0.717, 1.165) is 26.3 Å². The number of ether oxygens (including phenoxy) is 8. The average Bonchev–Trinajstić information content (AvgIpc) is 3.02. The number of amides is 1. The van der Waals surface area contributed by atoms with E-state index in [0.29, 0.717) is 36.3 Å². The number of piperidine rings is 1. The molecule has 1 aromatic rings. The largest absolute Gasteiger partial charge is 0.504 e. The van der Waals surface area contributed by atoms with Crippen LogP contribution in [-0.4, -0.2) is 97.0 Å². The second-order valence-electron chi connectivity index (χ2n) is 11.9. The SMILES string of the molecule is C=C[C@H]1[C@H](O[C@@H]2O[C@H](COC(C)=O)[C@@H](OC(C)=O)[C@H](OC(C)=O)[C@H]2OC(C)=O)OC=C2C(=O)N3CCc4ccc(OC)c(O)c4[C@H]3C[C@H]21. The van der Waals surface area contributed by atoms with Crippen molar-refractivity contribution in [2.75, 3.05) is 20.3 Å². The van der Waals surface area contributed by atoms with Gasteiger partial charge in [0.2, 0.25) is 12.6 Å². The van der Waals surface area contributed by atoms with Crippen LogP contribution in [0.25, 0.3) is 0 Å². The van der Waals surface area contributed by atoms with Crippen LogP contribution in [-0.2, 0) is 63.6 Å². The third-order valence-electron chi connectivity index (χ3n) is 8.80. The Morgan fingerprint density at radius 1 is 0.979 bits per heavy atom. The van der Waals surface area contributed by atoms with Crippen LogP contribution in [0.4, 0.5) is 0 Å². The number of rotatable bonds is 9. The zero-order chi connectivity index (χ0) is 34.9. The number of hydrogen-bond donors (Lipinski definition) is 1. The summed E-state index contributed by atoms with van der Waals surface area (Å²) >= 11 is 0. The van der Waals surface area contributed by atoms with Crippen molar-refractivity contribution in [3.8, 4) is 11.5 Å². The van der Waals surface area contributed by atoms with E-state index in [9.17, 15) is 29.1 Å². The minimum absolute atomic E-state index is 0.0301. The van der Waals surface area contributed by atoms with Gasteiger partial charge in [0.15, 0.2) is 29.8 Å². The molecule has 1 N–H and O–H groups in total. The molecule has 0 bridgehead atoms. The Morgan fingerprint density at radius 2 is 1.65 bits per heavy atom. The van der Waals surface area contributed by atoms with E-state index in [1.54, 1.807) is 17.0 Å². The normalized spacial score (nSPS) is 30.6. The quantitative estimate of drug-likeness (QED) is 0.228. The monoisotopic (exact) mass is 673 g/mol. The molecule has 0 unspecified atom stereocenters. The Morgan fingerprint density at radius 3 is 2.27 bits per heavy atom. The van der Waals surface area contributed by atoms with E-state index in [-0.39, 0.29) is 11.7 Å². The van der Waals surface area contributed by atoms with Crippen LogP contribution in [0, 0.1) is 11.8 Å². The third kappa shape index (κ3) is 6.83. The lowest BCUT2D eigenvalue weighted by Crippen LogP contribution is -2.63. The molecule has 4 aliphatic rings. The number of phenols is 1. The van der Waals surface area contributed by atoms with Crippen molar-refractivity contribution in [3.63, 3.8) is 0 Å². The summed E-state index contributed by atoms with van der Waals surface area (Å²) in [6.07, 6.45) is -4.34. The standard InChI is InChI=1S/C33H39NO14/c1-7-20-21-12-23-26-19(8-9-24(41-6)27(26)39)10-11-34(23)31(40)22(21)13-43-32(20)48-33-30(46-18(5)38)29(45-17(4)37)28(44-16(3)36)25(47-33)14-42-15(2)35/h7-9,13,20-21,23,25,28-30,32-33,39H,1,10-12,14H2,2-6H3/t20-,21+,23-,25-,28-,29+,30-,32+,33+/m1/s1. The van der Waals surface area contributed by atoms with E-state index < -0.39 is 85.4 Å². The average molecular weight is 674 g/mol. The zero-order valence-electron chi connectivity index (χ0n) is 27.2. The van der Waals surface area contributed by atoms with Crippen molar-refractivity contribution in [2.45, 2.75) is 83.6 Å². The maximum atomic E-state index is 13.8. The van der Waals surface area contributed by atoms with Gasteiger partial charge >= 0.3 is 23.9 Å². The van der Waals surface area contributed by atoms with Crippen molar-refractivity contribution >= 4 is 29.8 Å². The smallest absolute Gasteiger partial charge is 0.303 e. The van der Waals surface area contributed by atoms with E-state index >= 15 is 0 Å². The summed E-state index contributed by atoms with van der Waals surface area (Å²) in [5.74, 6) is -4.15. The predicted molar refractivity (Wildman–Crippen MR) is 161 cm³/mol. The molecular weight excluding hydrogens is 634 g/mol. The molecule has 0 saturated carbocycles. The fourth-order valence-corrected chi connectivity index (χ4v) is 6.87. The molecule has 0 aliphatic carbocycles. The number of methoxy groups -OCH3 is 1. The second-order valence-corrected chi connectivity index (χ2v) is 11.9. The van der Waals surface area contributed by atoms with Gasteiger partial charge in [-0.1, -0.05) is 12.1 Å². The summed E-state index contributed by atoms with van der Waals surface area (Å²) < 4.78 is 45.3. The molecule has 0 radical (unpaired) electrons. The highest BCUT2D eigenvalue weighted by Gasteiger charge is 2.55. The lowest BCUT2D eigenvalue weighted by molar-refractivity contribution is -0.342. The van der Waals surface area contributed by atoms with Crippen molar-refractivity contribution < 1.29 is 67.0 Å². The molecule has 9 atom stereocenters. The van der Waals surface area contributed by atoms with Crippen LogP contribution in [0.15, 0.2) is 36.6 Å². The van der Waals surface area contributed by atoms with E-state index in [1.165, 1.54) is 20.3 Å². The molecule has 260 valence electrons. The predicted octanol–water partition coefficient (Wildman–Crippen LogP) is 1.99. The number of nitrogens with zero attached hydrogens (tertiary/aromatic N) is 1. The van der Waals surface area contributed by atoms with Gasteiger partial charge in [0.05, 0.1) is 25.0 Å². The van der Waals surface area contributed by atoms with Crippen molar-refractivity contribution in [1.82, 2.24) is 4.90 Å². The highest BCUT2D eigenvalue weighted by molar-refractivity contribution is 5.95. The van der Waals surface area contributed by atoms with Crippen LogP contribution >= 0.6 is 0 Å². The van der Waals surface area contributed by atoms with E-state index in [2.05, 4.69) is 6.58 Å². The molecule has 2 saturated heterocycles. The molecule has 0 aromatic heterocycles. The molecule has 15 heteroatoms. The van der Waals surface area contributed by atoms with Gasteiger partial charge in [-0.25, -0.2) is 0 Å². The second kappa shape index (κ2) is 14.2. The molecule has 1 amide bonds. The Hall–Kier alpha value is -4.63. The third-order valence-corrected chi connectivity index (χ3v) is 8.80. The zero-order valence-corrected chi connectivity index (χ0v) is 27.2.